The molecule has 0 aliphatic carbocycles. The van der Waals surface area contributed by atoms with E-state index in [0.717, 1.165) is 32.8 Å². The van der Waals surface area contributed by atoms with Crippen LogP contribution in [-0.4, -0.2) is 37.7 Å². The van der Waals surface area contributed by atoms with Gasteiger partial charge in [-0.25, -0.2) is 4.79 Å². The molecule has 0 aromatic carbocycles. The maximum atomic E-state index is 11.5. The summed E-state index contributed by atoms with van der Waals surface area (Å²) in [5.41, 5.74) is -0.430. The molecule has 118 valence electrons. The summed E-state index contributed by atoms with van der Waals surface area (Å²) in [6.45, 7) is 3.25. The van der Waals surface area contributed by atoms with E-state index < -0.39 is 23.1 Å². The first-order chi connectivity index (χ1) is 9.93. The zero-order chi connectivity index (χ0) is 16.3. The molecule has 0 aromatic heterocycles. The molecular weight excluding hydrogens is 276 g/mol. The van der Waals surface area contributed by atoms with Crippen molar-refractivity contribution >= 4 is 23.5 Å². The number of carbonyl (C=O) groups is 4. The van der Waals surface area contributed by atoms with Crippen molar-refractivity contribution in [3.63, 3.8) is 0 Å². The Labute approximate surface area is 124 Å². The Bertz CT molecular complexity index is 410. The summed E-state index contributed by atoms with van der Waals surface area (Å²) in [6, 6.07) is 0. The second-order valence-electron chi connectivity index (χ2n) is 4.57. The number of Topliss-reactive ketones (excluding diaryl/α,β-unsaturated/α-hetero) is 2. The van der Waals surface area contributed by atoms with E-state index in [9.17, 15) is 19.2 Å². The van der Waals surface area contributed by atoms with Gasteiger partial charge in [-0.05, 0) is 12.8 Å². The molecule has 0 aromatic rings. The molecule has 6 heteroatoms. The van der Waals surface area contributed by atoms with Gasteiger partial charge in [0.15, 0.2) is 0 Å². The minimum Gasteiger partial charge on any atom is -0.469 e. The van der Waals surface area contributed by atoms with Crippen LogP contribution >= 0.6 is 0 Å². The first-order valence-electron chi connectivity index (χ1n) is 6.85. The largest absolute Gasteiger partial charge is 0.469 e. The summed E-state index contributed by atoms with van der Waals surface area (Å²) in [5, 5.41) is 0. The van der Waals surface area contributed by atoms with Gasteiger partial charge in [-0.15, -0.1) is 0 Å². The van der Waals surface area contributed by atoms with Crippen molar-refractivity contribution in [3.05, 3.63) is 12.2 Å². The molecule has 0 amide bonds. The van der Waals surface area contributed by atoms with Gasteiger partial charge >= 0.3 is 11.9 Å². The van der Waals surface area contributed by atoms with Crippen molar-refractivity contribution in [2.75, 3.05) is 14.2 Å². The van der Waals surface area contributed by atoms with E-state index in [2.05, 4.69) is 16.1 Å². The van der Waals surface area contributed by atoms with Crippen LogP contribution < -0.4 is 0 Å². The highest BCUT2D eigenvalue weighted by Crippen LogP contribution is 2.09. The van der Waals surface area contributed by atoms with Crippen molar-refractivity contribution in [2.24, 2.45) is 0 Å². The highest BCUT2D eigenvalue weighted by atomic mass is 16.5. The van der Waals surface area contributed by atoms with Crippen molar-refractivity contribution in [1.29, 1.82) is 0 Å². The number of carbonyl (C=O) groups excluding carboxylic acids is 4. The highest BCUT2D eigenvalue weighted by Gasteiger charge is 2.22. The minimum absolute atomic E-state index is 0.0891. The molecule has 0 saturated carbocycles. The summed E-state index contributed by atoms with van der Waals surface area (Å²) in [5.74, 6) is -2.61. The monoisotopic (exact) mass is 298 g/mol. The maximum absolute atomic E-state index is 11.5. The van der Waals surface area contributed by atoms with E-state index in [0.29, 0.717) is 12.8 Å². The molecule has 6 nitrogen and oxygen atoms in total. The first-order valence-corrected chi connectivity index (χ1v) is 6.85. The van der Waals surface area contributed by atoms with Crippen molar-refractivity contribution in [2.45, 2.75) is 44.9 Å². The zero-order valence-electron chi connectivity index (χ0n) is 12.6. The third-order valence-electron chi connectivity index (χ3n) is 2.97. The normalized spacial score (nSPS) is 9.81. The van der Waals surface area contributed by atoms with Gasteiger partial charge in [-0.2, -0.15) is 0 Å². The van der Waals surface area contributed by atoms with Crippen LogP contribution in [0, 0.1) is 0 Å². The van der Waals surface area contributed by atoms with Crippen molar-refractivity contribution in [3.8, 4) is 0 Å². The fraction of sp³-hybridized carbons (Fsp3) is 0.600. The van der Waals surface area contributed by atoms with E-state index in [4.69, 9.17) is 0 Å². The number of unbranched alkanes of at least 4 members (excludes halogenated alkanes) is 4. The number of ketones is 2. The number of hydrogen-bond donors (Lipinski definition) is 0. The second-order valence-corrected chi connectivity index (χ2v) is 4.57. The van der Waals surface area contributed by atoms with Gasteiger partial charge in [0.2, 0.25) is 11.6 Å². The van der Waals surface area contributed by atoms with E-state index >= 15 is 0 Å². The average Bonchev–Trinajstić information content (AvgIpc) is 2.50. The second kappa shape index (κ2) is 10.8. The Balaban J connectivity index is 3.76. The van der Waals surface area contributed by atoms with E-state index in [1.807, 2.05) is 0 Å². The Morgan fingerprint density at radius 2 is 1.33 bits per heavy atom. The summed E-state index contributed by atoms with van der Waals surface area (Å²) < 4.78 is 8.85. The van der Waals surface area contributed by atoms with Crippen LogP contribution in [0.5, 0.6) is 0 Å². The summed E-state index contributed by atoms with van der Waals surface area (Å²) in [7, 11) is 2.48. The highest BCUT2D eigenvalue weighted by molar-refractivity contribution is 6.48. The molecule has 21 heavy (non-hydrogen) atoms. The van der Waals surface area contributed by atoms with Crippen LogP contribution in [0.2, 0.25) is 0 Å². The third kappa shape index (κ3) is 8.02. The van der Waals surface area contributed by atoms with Gasteiger partial charge < -0.3 is 9.47 Å². The van der Waals surface area contributed by atoms with E-state index in [-0.39, 0.29) is 12.4 Å². The predicted molar refractivity (Wildman–Crippen MR) is 75.5 cm³/mol. The summed E-state index contributed by atoms with van der Waals surface area (Å²) in [4.78, 5) is 45.0. The molecule has 0 rings (SSSR count). The van der Waals surface area contributed by atoms with Gasteiger partial charge in [-0.1, -0.05) is 25.8 Å². The molecule has 0 bridgehead atoms. The van der Waals surface area contributed by atoms with Crippen molar-refractivity contribution in [1.82, 2.24) is 0 Å². The SMILES string of the molecule is C=C(C(=O)OC)C(=O)C(=O)CCCCCCCC(=O)OC. The molecule has 0 unspecified atom stereocenters. The number of esters is 2. The zero-order valence-corrected chi connectivity index (χ0v) is 12.6. The molecule has 0 saturated heterocycles. The van der Waals surface area contributed by atoms with Crippen LogP contribution in [-0.2, 0) is 28.7 Å². The van der Waals surface area contributed by atoms with E-state index in [1.54, 1.807) is 0 Å². The molecule has 0 fully saturated rings. The molecule has 0 aliphatic rings. The fourth-order valence-corrected chi connectivity index (χ4v) is 1.69. The smallest absolute Gasteiger partial charge is 0.341 e. The fourth-order valence-electron chi connectivity index (χ4n) is 1.69. The van der Waals surface area contributed by atoms with Gasteiger partial charge in [-0.3, -0.25) is 14.4 Å². The van der Waals surface area contributed by atoms with Crippen LogP contribution in [0.1, 0.15) is 44.9 Å². The van der Waals surface area contributed by atoms with Crippen LogP contribution in [0.3, 0.4) is 0 Å². The molecule has 0 aliphatic heterocycles. The average molecular weight is 298 g/mol. The molecular formula is C15H22O6. The quantitative estimate of drug-likeness (QED) is 0.144. The molecule has 0 radical (unpaired) electrons. The lowest BCUT2D eigenvalue weighted by Crippen LogP contribution is -2.21. The topological polar surface area (TPSA) is 86.7 Å². The molecule has 0 heterocycles. The molecule has 0 atom stereocenters. The van der Waals surface area contributed by atoms with E-state index in [1.165, 1.54) is 7.11 Å². The summed E-state index contributed by atoms with van der Waals surface area (Å²) >= 11 is 0. The summed E-state index contributed by atoms with van der Waals surface area (Å²) in [6.07, 6.45) is 4.32. The lowest BCUT2D eigenvalue weighted by Gasteiger charge is -2.03. The Hall–Kier alpha value is -1.98. The third-order valence-corrected chi connectivity index (χ3v) is 2.97. The van der Waals surface area contributed by atoms with Gasteiger partial charge in [0.05, 0.1) is 14.2 Å². The van der Waals surface area contributed by atoms with Crippen LogP contribution in [0.4, 0.5) is 0 Å². The number of rotatable bonds is 11. The molecule has 0 N–H and O–H groups in total. The number of ether oxygens (including phenoxy) is 2. The van der Waals surface area contributed by atoms with Crippen LogP contribution in [0.25, 0.3) is 0 Å². The van der Waals surface area contributed by atoms with Gasteiger partial charge in [0, 0.05) is 12.8 Å². The van der Waals surface area contributed by atoms with Gasteiger partial charge in [0.1, 0.15) is 5.57 Å². The Kier molecular flexibility index (Phi) is 9.75. The molecule has 0 spiro atoms. The number of methoxy groups -OCH3 is 2. The van der Waals surface area contributed by atoms with Crippen molar-refractivity contribution < 1.29 is 28.7 Å². The Morgan fingerprint density at radius 1 is 0.810 bits per heavy atom. The first kappa shape index (κ1) is 19.0. The van der Waals surface area contributed by atoms with Gasteiger partial charge in [0.25, 0.3) is 0 Å². The maximum Gasteiger partial charge on any atom is 0.341 e. The lowest BCUT2D eigenvalue weighted by molar-refractivity contribution is -0.141. The minimum atomic E-state index is -0.882. The van der Waals surface area contributed by atoms with Crippen LogP contribution in [0.15, 0.2) is 12.2 Å². The number of hydrogen-bond acceptors (Lipinski definition) is 6. The Morgan fingerprint density at radius 3 is 1.86 bits per heavy atom. The standard InChI is InChI=1S/C15H22O6/c1-11(15(19)21-3)14(18)12(16)9-7-5-4-6-8-10-13(17)20-2/h1,4-10H2,2-3H3. The predicted octanol–water partition coefficient (Wildman–Crippen LogP) is 1.76. The lowest BCUT2D eigenvalue weighted by atomic mass is 10.0.